The normalized spacial score (nSPS) is 12.7. The van der Waals surface area contributed by atoms with E-state index in [0.717, 1.165) is 27.9 Å². The molecule has 0 radical (unpaired) electrons. The van der Waals surface area contributed by atoms with Crippen LogP contribution in [0.5, 0.6) is 0 Å². The SMILES string of the molecule is COC(=O)[C@H](CC(C)C)NC(=O)c1ccc(NC[C@@H](CSC(c2ccccc2)(c2ccccc2)c2ccccc2)C(=O)OC(C)(C)C)cc1-c1ccccc1. The van der Waals surface area contributed by atoms with Gasteiger partial charge in [0.1, 0.15) is 11.6 Å². The van der Waals surface area contributed by atoms with Crippen LogP contribution < -0.4 is 10.6 Å². The van der Waals surface area contributed by atoms with Crippen LogP contribution in [0, 0.1) is 11.8 Å². The number of hydrogen-bond acceptors (Lipinski definition) is 7. The fourth-order valence-electron chi connectivity index (χ4n) is 6.60. The minimum Gasteiger partial charge on any atom is -0.467 e. The lowest BCUT2D eigenvalue weighted by Crippen LogP contribution is -2.42. The fraction of sp³-hybridized carbons (Fsp3) is 0.298. The average Bonchev–Trinajstić information content (AvgIpc) is 3.19. The maximum absolute atomic E-state index is 14.0. The first-order valence-corrected chi connectivity index (χ1v) is 19.7. The molecule has 2 N–H and O–H groups in total. The molecule has 0 aliphatic rings. The zero-order valence-electron chi connectivity index (χ0n) is 32.6. The van der Waals surface area contributed by atoms with E-state index in [-0.39, 0.29) is 24.3 Å². The van der Waals surface area contributed by atoms with E-state index in [9.17, 15) is 14.4 Å². The summed E-state index contributed by atoms with van der Waals surface area (Å²) in [7, 11) is 1.33. The number of nitrogens with one attached hydrogen (secondary N) is 2. The van der Waals surface area contributed by atoms with Gasteiger partial charge in [0, 0.05) is 23.5 Å². The Hall–Kier alpha value is -5.34. The van der Waals surface area contributed by atoms with Crippen LogP contribution in [0.15, 0.2) is 140 Å². The van der Waals surface area contributed by atoms with Crippen LogP contribution in [0.2, 0.25) is 0 Å². The maximum atomic E-state index is 14.0. The van der Waals surface area contributed by atoms with Crippen LogP contribution in [0.1, 0.15) is 68.1 Å². The standard InChI is InChI=1S/C47H52N2O5S/c1-33(2)29-42(45(52)53-6)49-43(50)40-28-27-39(30-41(40)34-19-11-7-12-20-34)48-31-35(44(51)54-46(3,4)5)32-55-47(36-21-13-8-14-22-36,37-23-15-9-16-24-37)38-25-17-10-18-26-38/h7-28,30,33,35,42,48H,29,31-32H2,1-6H3,(H,49,50)/t35-,42-/m0/s1. The Morgan fingerprint density at radius 1 is 0.691 bits per heavy atom. The van der Waals surface area contributed by atoms with Crippen molar-refractivity contribution >= 4 is 35.3 Å². The number of hydrogen-bond donors (Lipinski definition) is 2. The third-order valence-electron chi connectivity index (χ3n) is 9.18. The molecule has 0 fully saturated rings. The number of carbonyl (C=O) groups is 3. The summed E-state index contributed by atoms with van der Waals surface area (Å²) in [6, 6.07) is 45.6. The Balaban J connectivity index is 1.49. The van der Waals surface area contributed by atoms with Gasteiger partial charge in [-0.1, -0.05) is 135 Å². The molecule has 286 valence electrons. The number of esters is 2. The largest absolute Gasteiger partial charge is 0.467 e. The molecule has 55 heavy (non-hydrogen) atoms. The van der Waals surface area contributed by atoms with E-state index in [2.05, 4.69) is 83.4 Å². The van der Waals surface area contributed by atoms with Gasteiger partial charge in [-0.15, -0.1) is 11.8 Å². The van der Waals surface area contributed by atoms with Crippen LogP contribution in [-0.4, -0.2) is 48.9 Å². The average molecular weight is 757 g/mol. The third-order valence-corrected chi connectivity index (χ3v) is 10.9. The fourth-order valence-corrected chi connectivity index (χ4v) is 8.22. The van der Waals surface area contributed by atoms with Gasteiger partial charge in [0.05, 0.1) is 17.8 Å². The molecule has 0 unspecified atom stereocenters. The van der Waals surface area contributed by atoms with Gasteiger partial charge in [-0.2, -0.15) is 0 Å². The van der Waals surface area contributed by atoms with Crippen molar-refractivity contribution in [3.8, 4) is 11.1 Å². The topological polar surface area (TPSA) is 93.7 Å². The molecule has 0 saturated heterocycles. The number of benzene rings is 5. The van der Waals surface area contributed by atoms with Gasteiger partial charge in [-0.3, -0.25) is 9.59 Å². The van der Waals surface area contributed by atoms with Crippen molar-refractivity contribution < 1.29 is 23.9 Å². The van der Waals surface area contributed by atoms with E-state index >= 15 is 0 Å². The number of rotatable bonds is 16. The van der Waals surface area contributed by atoms with Crippen molar-refractivity contribution in [2.75, 3.05) is 24.7 Å². The van der Waals surface area contributed by atoms with Gasteiger partial charge in [0.2, 0.25) is 0 Å². The predicted octanol–water partition coefficient (Wildman–Crippen LogP) is 9.77. The number of methoxy groups -OCH3 is 1. The summed E-state index contributed by atoms with van der Waals surface area (Å²) < 4.78 is 10.4. The molecular formula is C47H52N2O5S. The summed E-state index contributed by atoms with van der Waals surface area (Å²) in [6.07, 6.45) is 0.447. The molecule has 0 bridgehead atoms. The lowest BCUT2D eigenvalue weighted by Gasteiger charge is -2.36. The molecule has 0 aliphatic carbocycles. The summed E-state index contributed by atoms with van der Waals surface area (Å²) in [5.41, 5.74) is 5.34. The molecule has 5 aromatic carbocycles. The molecule has 5 aromatic rings. The zero-order chi connectivity index (χ0) is 39.4. The Morgan fingerprint density at radius 2 is 1.20 bits per heavy atom. The van der Waals surface area contributed by atoms with E-state index in [4.69, 9.17) is 9.47 Å². The lowest BCUT2D eigenvalue weighted by atomic mass is 9.84. The highest BCUT2D eigenvalue weighted by Gasteiger charge is 2.39. The van der Waals surface area contributed by atoms with Gasteiger partial charge >= 0.3 is 11.9 Å². The van der Waals surface area contributed by atoms with Crippen molar-refractivity contribution in [2.24, 2.45) is 11.8 Å². The summed E-state index contributed by atoms with van der Waals surface area (Å²) in [6.45, 7) is 9.92. The number of thioether (sulfide) groups is 1. The van der Waals surface area contributed by atoms with Gasteiger partial charge in [0.15, 0.2) is 0 Å². The lowest BCUT2D eigenvalue weighted by molar-refractivity contribution is -0.158. The van der Waals surface area contributed by atoms with E-state index in [0.29, 0.717) is 23.3 Å². The van der Waals surface area contributed by atoms with Crippen molar-refractivity contribution in [3.05, 3.63) is 162 Å². The maximum Gasteiger partial charge on any atom is 0.328 e. The second-order valence-corrected chi connectivity index (χ2v) is 16.2. The van der Waals surface area contributed by atoms with Gasteiger partial charge in [-0.05, 0) is 79.1 Å². The molecule has 0 aromatic heterocycles. The number of ether oxygens (including phenoxy) is 2. The first kappa shape index (κ1) is 40.8. The van der Waals surface area contributed by atoms with Crippen LogP contribution in [0.3, 0.4) is 0 Å². The Labute approximate surface area is 330 Å². The highest BCUT2D eigenvalue weighted by atomic mass is 32.2. The highest BCUT2D eigenvalue weighted by Crippen LogP contribution is 2.49. The molecule has 0 saturated carbocycles. The molecule has 0 spiro atoms. The van der Waals surface area contributed by atoms with Gasteiger partial charge in [0.25, 0.3) is 5.91 Å². The second-order valence-electron chi connectivity index (χ2n) is 15.0. The van der Waals surface area contributed by atoms with Crippen molar-refractivity contribution in [1.29, 1.82) is 0 Å². The Bertz CT molecular complexity index is 1900. The molecular weight excluding hydrogens is 705 g/mol. The smallest absolute Gasteiger partial charge is 0.328 e. The summed E-state index contributed by atoms with van der Waals surface area (Å²) in [4.78, 5) is 40.4. The minimum atomic E-state index is -0.777. The molecule has 5 rings (SSSR count). The van der Waals surface area contributed by atoms with Crippen LogP contribution in [0.25, 0.3) is 11.1 Å². The first-order valence-electron chi connectivity index (χ1n) is 18.8. The van der Waals surface area contributed by atoms with Crippen LogP contribution in [-0.2, 0) is 23.8 Å². The predicted molar refractivity (Wildman–Crippen MR) is 224 cm³/mol. The second kappa shape index (κ2) is 18.8. The molecule has 2 atom stereocenters. The summed E-state index contributed by atoms with van der Waals surface area (Å²) in [5, 5.41) is 6.42. The van der Waals surface area contributed by atoms with E-state index in [1.165, 1.54) is 7.11 Å². The highest BCUT2D eigenvalue weighted by molar-refractivity contribution is 8.00. The van der Waals surface area contributed by atoms with Crippen molar-refractivity contribution in [2.45, 2.75) is 57.4 Å². The number of carbonyl (C=O) groups excluding carboxylic acids is 3. The number of anilines is 1. The zero-order valence-corrected chi connectivity index (χ0v) is 33.4. The van der Waals surface area contributed by atoms with Gasteiger partial charge < -0.3 is 20.1 Å². The molecule has 0 aliphatic heterocycles. The third kappa shape index (κ3) is 10.7. The monoisotopic (exact) mass is 756 g/mol. The van der Waals surface area contributed by atoms with Crippen molar-refractivity contribution in [3.63, 3.8) is 0 Å². The summed E-state index contributed by atoms with van der Waals surface area (Å²) >= 11 is 1.71. The molecule has 7 nitrogen and oxygen atoms in total. The summed E-state index contributed by atoms with van der Waals surface area (Å²) in [5.74, 6) is -1.09. The van der Waals surface area contributed by atoms with E-state index in [1.807, 2.05) is 95.3 Å². The first-order chi connectivity index (χ1) is 26.4. The van der Waals surface area contributed by atoms with E-state index < -0.39 is 28.3 Å². The molecule has 8 heteroatoms. The molecule has 0 heterocycles. The quantitative estimate of drug-likeness (QED) is 0.0765. The minimum absolute atomic E-state index is 0.166. The molecule has 1 amide bonds. The van der Waals surface area contributed by atoms with E-state index in [1.54, 1.807) is 17.8 Å². The number of amides is 1. The van der Waals surface area contributed by atoms with Gasteiger partial charge in [-0.25, -0.2) is 4.79 Å². The Morgan fingerprint density at radius 3 is 1.67 bits per heavy atom. The van der Waals surface area contributed by atoms with Crippen LogP contribution in [0.4, 0.5) is 5.69 Å². The van der Waals surface area contributed by atoms with Crippen LogP contribution >= 0.6 is 11.8 Å². The Kier molecular flexibility index (Phi) is 14.0. The van der Waals surface area contributed by atoms with Crippen molar-refractivity contribution in [1.82, 2.24) is 5.32 Å².